The highest BCUT2D eigenvalue weighted by molar-refractivity contribution is 5.95. The summed E-state index contributed by atoms with van der Waals surface area (Å²) in [4.78, 5) is 50.2. The van der Waals surface area contributed by atoms with Crippen molar-refractivity contribution in [2.75, 3.05) is 13.1 Å². The predicted molar refractivity (Wildman–Crippen MR) is 133 cm³/mol. The monoisotopic (exact) mass is 547 g/mol. The zero-order valence-corrected chi connectivity index (χ0v) is 21.0. The Morgan fingerprint density at radius 2 is 1.74 bits per heavy atom. The molecule has 0 spiro atoms. The number of carbonyl (C=O) groups excluding carboxylic acids is 4. The highest BCUT2D eigenvalue weighted by Crippen LogP contribution is 2.32. The van der Waals surface area contributed by atoms with E-state index in [1.807, 2.05) is 12.1 Å². The van der Waals surface area contributed by atoms with E-state index in [0.717, 1.165) is 11.1 Å². The summed E-state index contributed by atoms with van der Waals surface area (Å²) in [6, 6.07) is 13.8. The lowest BCUT2D eigenvalue weighted by Crippen LogP contribution is -2.51. The minimum Gasteiger partial charge on any atom is -0.385 e. The van der Waals surface area contributed by atoms with Gasteiger partial charge in [0.2, 0.25) is 11.8 Å². The number of halogens is 3. The molecule has 0 saturated carbocycles. The molecule has 0 unspecified atom stereocenters. The van der Waals surface area contributed by atoms with E-state index in [4.69, 9.17) is 11.1 Å². The number of ether oxygens (including phenoxy) is 1. The Labute approximate surface area is 222 Å². The van der Waals surface area contributed by atoms with E-state index in [-0.39, 0.29) is 31.3 Å². The second kappa shape index (κ2) is 12.5. The van der Waals surface area contributed by atoms with Gasteiger partial charge in [-0.15, -0.1) is 0 Å². The van der Waals surface area contributed by atoms with Gasteiger partial charge in [0.05, 0.1) is 12.6 Å². The van der Waals surface area contributed by atoms with Crippen molar-refractivity contribution < 1.29 is 37.1 Å². The zero-order valence-electron chi connectivity index (χ0n) is 21.0. The summed E-state index contributed by atoms with van der Waals surface area (Å²) in [6.45, 7) is 1.05. The molecule has 1 aliphatic heterocycles. The maximum absolute atomic E-state index is 13.1. The first-order chi connectivity index (χ1) is 18.3. The third-order valence-corrected chi connectivity index (χ3v) is 6.23. The summed E-state index contributed by atoms with van der Waals surface area (Å²) < 4.78 is 41.4. The molecular formula is C26H28F3N5O5. The summed E-state index contributed by atoms with van der Waals surface area (Å²) >= 11 is 0. The van der Waals surface area contributed by atoms with Gasteiger partial charge in [-0.25, -0.2) is 4.79 Å². The maximum Gasteiger partial charge on any atom is 0.491 e. The number of hydrogen-bond acceptors (Lipinski definition) is 7. The molecule has 2 amide bonds. The Balaban J connectivity index is 1.63. The van der Waals surface area contributed by atoms with Crippen molar-refractivity contribution in [3.05, 3.63) is 71.3 Å². The van der Waals surface area contributed by atoms with Crippen LogP contribution in [0.2, 0.25) is 0 Å². The number of nitrogens with two attached hydrogens (primary N) is 1. The predicted octanol–water partition coefficient (Wildman–Crippen LogP) is 1.58. The molecule has 1 aliphatic rings. The summed E-state index contributed by atoms with van der Waals surface area (Å²) in [5.41, 5.74) is 7.56. The van der Waals surface area contributed by atoms with E-state index >= 15 is 0 Å². The molecule has 2 aromatic carbocycles. The molecular weight excluding hydrogens is 519 g/mol. The van der Waals surface area contributed by atoms with Crippen LogP contribution in [0.1, 0.15) is 36.0 Å². The number of nitrogens with zero attached hydrogens (tertiary/aromatic N) is 1. The van der Waals surface area contributed by atoms with Gasteiger partial charge in [0.1, 0.15) is 11.9 Å². The maximum atomic E-state index is 13.1. The second-order valence-electron chi connectivity index (χ2n) is 9.11. The number of hydrogen-bond donors (Lipinski definition) is 4. The number of rotatable bonds is 9. The molecule has 39 heavy (non-hydrogen) atoms. The van der Waals surface area contributed by atoms with Crippen molar-refractivity contribution in [1.29, 1.82) is 5.41 Å². The van der Waals surface area contributed by atoms with Crippen molar-refractivity contribution in [3.8, 4) is 0 Å². The zero-order chi connectivity index (χ0) is 28.7. The number of amidine groups is 1. The topological polar surface area (TPSA) is 155 Å². The van der Waals surface area contributed by atoms with E-state index in [0.29, 0.717) is 5.56 Å². The third kappa shape index (κ3) is 8.11. The molecule has 3 rings (SSSR count). The van der Waals surface area contributed by atoms with Crippen LogP contribution in [0, 0.1) is 5.41 Å². The number of carbonyl (C=O) groups is 4. The van der Waals surface area contributed by atoms with Crippen molar-refractivity contribution in [1.82, 2.24) is 15.5 Å². The van der Waals surface area contributed by atoms with Gasteiger partial charge in [-0.1, -0.05) is 54.6 Å². The number of nitrogen functional groups attached to an aromatic ring is 1. The summed E-state index contributed by atoms with van der Waals surface area (Å²) in [6.07, 6.45) is -5.10. The van der Waals surface area contributed by atoms with Gasteiger partial charge in [-0.3, -0.25) is 24.7 Å². The average molecular weight is 548 g/mol. The molecule has 5 N–H and O–H groups in total. The van der Waals surface area contributed by atoms with Crippen molar-refractivity contribution >= 4 is 29.6 Å². The van der Waals surface area contributed by atoms with Gasteiger partial charge in [0, 0.05) is 18.7 Å². The molecule has 1 fully saturated rings. The molecule has 0 aromatic heterocycles. The highest BCUT2D eigenvalue weighted by atomic mass is 19.4. The first-order valence-electron chi connectivity index (χ1n) is 12.0. The van der Waals surface area contributed by atoms with Gasteiger partial charge in [0.25, 0.3) is 0 Å². The molecule has 13 heteroatoms. The Hall–Kier alpha value is -4.26. The van der Waals surface area contributed by atoms with Crippen molar-refractivity contribution in [2.45, 2.75) is 44.1 Å². The molecule has 0 bridgehead atoms. The van der Waals surface area contributed by atoms with Crippen LogP contribution in [0.25, 0.3) is 0 Å². The number of alkyl halides is 3. The Kier molecular flexibility index (Phi) is 9.41. The normalized spacial score (nSPS) is 18.2. The molecule has 208 valence electrons. The Bertz CT molecular complexity index is 1220. The number of likely N-dealkylation sites (tertiary alicyclic amines) is 1. The quantitative estimate of drug-likeness (QED) is 0.161. The fourth-order valence-corrected chi connectivity index (χ4v) is 4.20. The minimum atomic E-state index is -5.33. The number of benzene rings is 2. The average Bonchev–Trinajstić information content (AvgIpc) is 3.31. The van der Waals surface area contributed by atoms with Crippen molar-refractivity contribution in [2.24, 2.45) is 5.73 Å². The smallest absolute Gasteiger partial charge is 0.385 e. The fraction of sp³-hybridized carbons (Fsp3) is 0.346. The van der Waals surface area contributed by atoms with E-state index in [2.05, 4.69) is 15.4 Å². The van der Waals surface area contributed by atoms with Crippen LogP contribution in [0.4, 0.5) is 13.2 Å². The molecule has 2 aromatic rings. The number of esters is 2. The standard InChI is InChI=1S/C26H28F3N5O5/c1-15(23(36)32-12-16-7-9-18(10-8-16)22(30)31)33-24(37)20-11-19(17-5-3-2-4-6-17)13-34(20)14-21(35)39-25(38)26(27,28)29/h2-10,15,19-20H,11-14H2,1H3,(H3,30,31)(H,32,36)(H,33,37)/t15-,19-,20+/m0/s1. The molecule has 1 saturated heterocycles. The lowest BCUT2D eigenvalue weighted by atomic mass is 9.96. The number of amides is 2. The summed E-state index contributed by atoms with van der Waals surface area (Å²) in [5, 5.41) is 12.7. The van der Waals surface area contributed by atoms with Crippen molar-refractivity contribution in [3.63, 3.8) is 0 Å². The van der Waals surface area contributed by atoms with E-state index in [9.17, 15) is 32.3 Å². The first kappa shape index (κ1) is 29.3. The number of nitrogens with one attached hydrogen (secondary N) is 3. The van der Waals surface area contributed by atoms with E-state index in [1.54, 1.807) is 42.5 Å². The van der Waals surface area contributed by atoms with Gasteiger partial charge in [0.15, 0.2) is 0 Å². The van der Waals surface area contributed by atoms with Crippen LogP contribution in [-0.2, 0) is 30.5 Å². The first-order valence-corrected chi connectivity index (χ1v) is 12.0. The summed E-state index contributed by atoms with van der Waals surface area (Å²) in [5.74, 6) is -5.47. The van der Waals surface area contributed by atoms with Crippen LogP contribution >= 0.6 is 0 Å². The highest BCUT2D eigenvalue weighted by Gasteiger charge is 2.44. The Morgan fingerprint density at radius 3 is 2.33 bits per heavy atom. The second-order valence-corrected chi connectivity index (χ2v) is 9.11. The van der Waals surface area contributed by atoms with Crippen LogP contribution < -0.4 is 16.4 Å². The van der Waals surface area contributed by atoms with E-state index < -0.39 is 48.6 Å². The lowest BCUT2D eigenvalue weighted by molar-refractivity contribution is -0.202. The van der Waals surface area contributed by atoms with Crippen LogP contribution in [-0.4, -0.2) is 65.8 Å². The summed E-state index contributed by atoms with van der Waals surface area (Å²) in [7, 11) is 0. The molecule has 10 nitrogen and oxygen atoms in total. The molecule has 1 heterocycles. The van der Waals surface area contributed by atoms with Crippen LogP contribution in [0.15, 0.2) is 54.6 Å². The van der Waals surface area contributed by atoms with Gasteiger partial charge < -0.3 is 21.1 Å². The molecule has 0 radical (unpaired) electrons. The Morgan fingerprint density at radius 1 is 1.10 bits per heavy atom. The third-order valence-electron chi connectivity index (χ3n) is 6.23. The molecule has 3 atom stereocenters. The minimum absolute atomic E-state index is 0.0856. The van der Waals surface area contributed by atoms with Gasteiger partial charge >= 0.3 is 18.1 Å². The lowest BCUT2D eigenvalue weighted by Gasteiger charge is -2.24. The van der Waals surface area contributed by atoms with Gasteiger partial charge in [-0.05, 0) is 30.4 Å². The van der Waals surface area contributed by atoms with Gasteiger partial charge in [-0.2, -0.15) is 13.2 Å². The fourth-order valence-electron chi connectivity index (χ4n) is 4.20. The SMILES string of the molecule is C[C@H](NC(=O)[C@H]1C[C@H](c2ccccc2)CN1CC(=O)OC(=O)C(F)(F)F)C(=O)NCc1ccc(C(=N)N)cc1. The van der Waals surface area contributed by atoms with Crippen LogP contribution in [0.3, 0.4) is 0 Å². The van der Waals surface area contributed by atoms with Crippen LogP contribution in [0.5, 0.6) is 0 Å². The largest absolute Gasteiger partial charge is 0.491 e. The molecule has 0 aliphatic carbocycles. The van der Waals surface area contributed by atoms with E-state index in [1.165, 1.54) is 11.8 Å².